The van der Waals surface area contributed by atoms with Crippen molar-refractivity contribution < 1.29 is 33.0 Å². The molecular weight excluding hydrogens is 333 g/mol. The first-order chi connectivity index (χ1) is 11.9. The number of nitrogens with one attached hydrogen (secondary N) is 1. The molecule has 1 N–H and O–H groups in total. The summed E-state index contributed by atoms with van der Waals surface area (Å²) < 4.78 is 28.9. The maximum atomic E-state index is 13.6. The fourth-order valence-corrected chi connectivity index (χ4v) is 3.57. The number of hydrogen-bond acceptors (Lipinski definition) is 7. The van der Waals surface area contributed by atoms with Gasteiger partial charge in [-0.15, -0.1) is 0 Å². The van der Waals surface area contributed by atoms with Gasteiger partial charge in [-0.25, -0.2) is 4.39 Å². The average molecular weight is 351 g/mol. The topological polar surface area (TPSA) is 90.9 Å². The number of benzene rings is 1. The minimum atomic E-state index is -1.06. The third kappa shape index (κ3) is 3.27. The smallest absolute Gasteiger partial charge is 0.323 e. The zero-order valence-electron chi connectivity index (χ0n) is 13.7. The van der Waals surface area contributed by atoms with Crippen LogP contribution in [0, 0.1) is 17.7 Å². The van der Waals surface area contributed by atoms with Crippen LogP contribution in [0.1, 0.15) is 18.5 Å². The Morgan fingerprint density at radius 2 is 2.12 bits per heavy atom. The molecule has 0 radical (unpaired) electrons. The Bertz CT molecular complexity index is 708. The largest absolute Gasteiger partial charge is 0.468 e. The molecule has 134 valence electrons. The van der Waals surface area contributed by atoms with Crippen molar-refractivity contribution in [2.24, 2.45) is 11.8 Å². The fraction of sp³-hybridized carbons (Fsp3) is 0.471. The van der Waals surface area contributed by atoms with E-state index in [2.05, 4.69) is 5.32 Å². The summed E-state index contributed by atoms with van der Waals surface area (Å²) in [4.78, 5) is 36.0. The second-order valence-electron chi connectivity index (χ2n) is 6.06. The zero-order valence-corrected chi connectivity index (χ0v) is 13.7. The van der Waals surface area contributed by atoms with Crippen LogP contribution in [0.4, 0.5) is 4.39 Å². The van der Waals surface area contributed by atoms with E-state index in [0.717, 1.165) is 0 Å². The van der Waals surface area contributed by atoms with Crippen LogP contribution >= 0.6 is 0 Å². The second-order valence-corrected chi connectivity index (χ2v) is 6.06. The Morgan fingerprint density at radius 3 is 2.76 bits per heavy atom. The van der Waals surface area contributed by atoms with Crippen LogP contribution in [0.5, 0.6) is 0 Å². The normalized spacial score (nSPS) is 31.3. The molecule has 0 amide bonds. The summed E-state index contributed by atoms with van der Waals surface area (Å²) in [6.07, 6.45) is -1.06. The molecule has 0 saturated carbocycles. The lowest BCUT2D eigenvalue weighted by Crippen LogP contribution is -2.49. The first-order valence-electron chi connectivity index (χ1n) is 7.83. The minimum absolute atomic E-state index is 0.249. The van der Waals surface area contributed by atoms with Gasteiger partial charge in [0.25, 0.3) is 0 Å². The molecule has 3 rings (SSSR count). The summed E-state index contributed by atoms with van der Waals surface area (Å²) in [6.45, 7) is 0.967. The molecule has 0 aliphatic carbocycles. The van der Waals surface area contributed by atoms with Crippen molar-refractivity contribution in [2.75, 3.05) is 13.7 Å². The zero-order chi connectivity index (χ0) is 18.1. The molecule has 7 nitrogen and oxygen atoms in total. The first-order valence-corrected chi connectivity index (χ1v) is 7.83. The SMILES string of the molecule is COC(=O)[C@H]1N[C@@H](c2cccc(F)c2)[C@H]2C(=O)CO[C@H](OC(C)=O)[C@H]21. The highest BCUT2D eigenvalue weighted by molar-refractivity contribution is 5.87. The van der Waals surface area contributed by atoms with Gasteiger partial charge in [-0.1, -0.05) is 12.1 Å². The quantitative estimate of drug-likeness (QED) is 0.803. The molecule has 2 saturated heterocycles. The Hall–Kier alpha value is -2.32. The molecule has 2 heterocycles. The number of ether oxygens (including phenoxy) is 3. The van der Waals surface area contributed by atoms with Crippen molar-refractivity contribution in [1.82, 2.24) is 5.32 Å². The molecule has 8 heteroatoms. The van der Waals surface area contributed by atoms with Crippen LogP contribution in [0.15, 0.2) is 24.3 Å². The summed E-state index contributed by atoms with van der Waals surface area (Å²) >= 11 is 0. The number of rotatable bonds is 3. The second kappa shape index (κ2) is 6.89. The van der Waals surface area contributed by atoms with Crippen LogP contribution in [-0.2, 0) is 28.6 Å². The highest BCUT2D eigenvalue weighted by atomic mass is 19.1. The number of esters is 2. The molecule has 2 aliphatic rings. The molecule has 25 heavy (non-hydrogen) atoms. The highest BCUT2D eigenvalue weighted by Gasteiger charge is 2.57. The van der Waals surface area contributed by atoms with E-state index >= 15 is 0 Å². The van der Waals surface area contributed by atoms with Gasteiger partial charge >= 0.3 is 11.9 Å². The van der Waals surface area contributed by atoms with Gasteiger partial charge in [0.1, 0.15) is 18.5 Å². The van der Waals surface area contributed by atoms with E-state index in [4.69, 9.17) is 14.2 Å². The van der Waals surface area contributed by atoms with E-state index in [9.17, 15) is 18.8 Å². The van der Waals surface area contributed by atoms with E-state index in [1.807, 2.05) is 0 Å². The number of ketones is 1. The summed E-state index contributed by atoms with van der Waals surface area (Å²) in [6, 6.07) is 4.26. The van der Waals surface area contributed by atoms with E-state index in [0.29, 0.717) is 5.56 Å². The van der Waals surface area contributed by atoms with Crippen molar-refractivity contribution in [3.63, 3.8) is 0 Å². The third-order valence-corrected chi connectivity index (χ3v) is 4.54. The number of carbonyl (C=O) groups is 3. The average Bonchev–Trinajstić information content (AvgIpc) is 2.98. The van der Waals surface area contributed by atoms with Crippen molar-refractivity contribution in [3.05, 3.63) is 35.6 Å². The number of Topliss-reactive ketones (excluding diaryl/α,β-unsaturated/α-hetero) is 1. The Labute approximate surface area is 143 Å². The standard InChI is InChI=1S/C17H18FNO6/c1-8(20)25-17-13-12(11(21)7-24-17)14(19-15(13)16(22)23-2)9-4-3-5-10(18)6-9/h3-6,12-15,17,19H,7H2,1-2H3/t12-,13+,14-,15-,17+/m0/s1. The lowest BCUT2D eigenvalue weighted by atomic mass is 9.79. The van der Waals surface area contributed by atoms with Crippen molar-refractivity contribution in [3.8, 4) is 0 Å². The van der Waals surface area contributed by atoms with Gasteiger partial charge < -0.3 is 14.2 Å². The number of methoxy groups -OCH3 is 1. The maximum absolute atomic E-state index is 13.6. The van der Waals surface area contributed by atoms with Crippen LogP contribution in [0.3, 0.4) is 0 Å². The Kier molecular flexibility index (Phi) is 4.82. The fourth-order valence-electron chi connectivity index (χ4n) is 3.57. The summed E-state index contributed by atoms with van der Waals surface area (Å²) in [5, 5.41) is 3.03. The van der Waals surface area contributed by atoms with E-state index < -0.39 is 48.0 Å². The molecule has 2 aliphatic heterocycles. The molecule has 0 spiro atoms. The molecular formula is C17H18FNO6. The van der Waals surface area contributed by atoms with Gasteiger partial charge in [-0.2, -0.15) is 0 Å². The maximum Gasteiger partial charge on any atom is 0.323 e. The van der Waals surface area contributed by atoms with Gasteiger partial charge in [0.15, 0.2) is 5.78 Å². The van der Waals surface area contributed by atoms with Gasteiger partial charge in [0, 0.05) is 13.0 Å². The Morgan fingerprint density at radius 1 is 1.36 bits per heavy atom. The summed E-state index contributed by atoms with van der Waals surface area (Å²) in [5.41, 5.74) is 0.526. The monoisotopic (exact) mass is 351 g/mol. The number of fused-ring (bicyclic) bond motifs is 1. The van der Waals surface area contributed by atoms with Gasteiger partial charge in [0.05, 0.1) is 18.9 Å². The van der Waals surface area contributed by atoms with Crippen LogP contribution in [0.2, 0.25) is 0 Å². The van der Waals surface area contributed by atoms with E-state index in [1.165, 1.54) is 32.2 Å². The summed E-state index contributed by atoms with van der Waals surface area (Å²) in [7, 11) is 1.22. The number of hydrogen-bond donors (Lipinski definition) is 1. The molecule has 1 aromatic rings. The van der Waals surface area contributed by atoms with Crippen LogP contribution < -0.4 is 5.32 Å². The predicted octanol–water partition coefficient (Wildman–Crippen LogP) is 0.732. The lowest BCUT2D eigenvalue weighted by Gasteiger charge is -2.34. The van der Waals surface area contributed by atoms with Crippen LogP contribution in [-0.4, -0.2) is 43.8 Å². The first kappa shape index (κ1) is 17.5. The molecule has 0 aromatic heterocycles. The number of carbonyl (C=O) groups excluding carboxylic acids is 3. The van der Waals surface area contributed by atoms with E-state index in [1.54, 1.807) is 6.07 Å². The molecule has 2 fully saturated rings. The Balaban J connectivity index is 2.00. The third-order valence-electron chi connectivity index (χ3n) is 4.54. The molecule has 1 aromatic carbocycles. The van der Waals surface area contributed by atoms with Crippen molar-refractivity contribution >= 4 is 17.7 Å². The van der Waals surface area contributed by atoms with E-state index in [-0.39, 0.29) is 12.4 Å². The minimum Gasteiger partial charge on any atom is -0.468 e. The predicted molar refractivity (Wildman–Crippen MR) is 81.6 cm³/mol. The highest BCUT2D eigenvalue weighted by Crippen LogP contribution is 2.43. The molecule has 0 unspecified atom stereocenters. The van der Waals surface area contributed by atoms with Crippen molar-refractivity contribution in [2.45, 2.75) is 25.3 Å². The lowest BCUT2D eigenvalue weighted by molar-refractivity contribution is -0.209. The van der Waals surface area contributed by atoms with Gasteiger partial charge in [-0.3, -0.25) is 19.7 Å². The van der Waals surface area contributed by atoms with Crippen molar-refractivity contribution in [1.29, 1.82) is 0 Å². The van der Waals surface area contributed by atoms with Gasteiger partial charge in [0.2, 0.25) is 6.29 Å². The molecule has 5 atom stereocenters. The van der Waals surface area contributed by atoms with Crippen LogP contribution in [0.25, 0.3) is 0 Å². The number of halogens is 1. The molecule has 0 bridgehead atoms. The summed E-state index contributed by atoms with van der Waals surface area (Å²) in [5.74, 6) is -3.36. The van der Waals surface area contributed by atoms with Gasteiger partial charge in [-0.05, 0) is 17.7 Å².